The third kappa shape index (κ3) is 1.50. The van der Waals surface area contributed by atoms with Crippen molar-refractivity contribution in [2.75, 3.05) is 0 Å². The molecule has 84 valence electrons. The lowest BCUT2D eigenvalue weighted by atomic mass is 10.1. The van der Waals surface area contributed by atoms with E-state index in [0.717, 1.165) is 25.0 Å². The monoisotopic (exact) mass is 224 g/mol. The summed E-state index contributed by atoms with van der Waals surface area (Å²) in [7, 11) is 0. The predicted octanol–water partition coefficient (Wildman–Crippen LogP) is 3.15. The van der Waals surface area contributed by atoms with Gasteiger partial charge in [0.2, 0.25) is 0 Å². The average molecular weight is 224 g/mol. The number of halogens is 2. The molecular weight excluding hydrogens is 214 g/mol. The van der Waals surface area contributed by atoms with Gasteiger partial charge in [0.15, 0.2) is 0 Å². The highest BCUT2D eigenvalue weighted by Crippen LogP contribution is 2.42. The zero-order chi connectivity index (χ0) is 11.3. The molecule has 3 rings (SSSR count). The normalized spacial score (nSPS) is 17.9. The van der Waals surface area contributed by atoms with E-state index in [0.29, 0.717) is 5.76 Å². The zero-order valence-electron chi connectivity index (χ0n) is 8.41. The molecule has 1 aromatic carbocycles. The Morgan fingerprint density at radius 2 is 2.00 bits per heavy atom. The molecule has 1 aliphatic rings. The minimum atomic E-state index is -0.699. The maximum absolute atomic E-state index is 13.4. The molecule has 0 spiro atoms. The van der Waals surface area contributed by atoms with E-state index in [9.17, 15) is 13.9 Å². The van der Waals surface area contributed by atoms with Gasteiger partial charge >= 0.3 is 0 Å². The van der Waals surface area contributed by atoms with Crippen molar-refractivity contribution in [3.8, 4) is 0 Å². The Bertz CT molecular complexity index is 543. The fraction of sp³-hybridized carbons (Fsp3) is 0.333. The number of aliphatic hydroxyl groups is 1. The molecule has 2 aromatic rings. The Balaban J connectivity index is 2.11. The Labute approximate surface area is 90.5 Å². The van der Waals surface area contributed by atoms with E-state index in [-0.39, 0.29) is 16.9 Å². The first kappa shape index (κ1) is 9.78. The third-order valence-corrected chi connectivity index (χ3v) is 2.93. The molecule has 0 saturated heterocycles. The van der Waals surface area contributed by atoms with E-state index in [1.54, 1.807) is 0 Å². The molecule has 4 heteroatoms. The van der Waals surface area contributed by atoms with Crippen molar-refractivity contribution >= 4 is 11.0 Å². The second-order valence-corrected chi connectivity index (χ2v) is 4.23. The summed E-state index contributed by atoms with van der Waals surface area (Å²) in [4.78, 5) is 0. The van der Waals surface area contributed by atoms with Gasteiger partial charge in [-0.1, -0.05) is 0 Å². The lowest BCUT2D eigenvalue weighted by molar-refractivity contribution is 0.129. The largest absolute Gasteiger partial charge is 0.458 e. The molecule has 1 atom stereocenters. The van der Waals surface area contributed by atoms with Crippen LogP contribution in [0.25, 0.3) is 11.0 Å². The van der Waals surface area contributed by atoms with Crippen LogP contribution in [0.2, 0.25) is 0 Å². The summed E-state index contributed by atoms with van der Waals surface area (Å²) in [6, 6.07) is 3.39. The van der Waals surface area contributed by atoms with E-state index in [1.807, 2.05) is 0 Å². The second-order valence-electron chi connectivity index (χ2n) is 4.23. The molecule has 16 heavy (non-hydrogen) atoms. The van der Waals surface area contributed by atoms with Gasteiger partial charge in [-0.25, -0.2) is 8.78 Å². The predicted molar refractivity (Wildman–Crippen MR) is 53.8 cm³/mol. The van der Waals surface area contributed by atoms with Crippen LogP contribution in [0, 0.1) is 17.6 Å². The van der Waals surface area contributed by atoms with Gasteiger partial charge < -0.3 is 9.52 Å². The molecule has 1 unspecified atom stereocenters. The van der Waals surface area contributed by atoms with Crippen LogP contribution in [0.15, 0.2) is 22.6 Å². The van der Waals surface area contributed by atoms with Crippen molar-refractivity contribution in [1.29, 1.82) is 0 Å². The summed E-state index contributed by atoms with van der Waals surface area (Å²) in [6.45, 7) is 0. The van der Waals surface area contributed by atoms with Crippen LogP contribution >= 0.6 is 0 Å². The fourth-order valence-corrected chi connectivity index (χ4v) is 1.87. The number of benzene rings is 1. The summed E-state index contributed by atoms with van der Waals surface area (Å²) in [6.07, 6.45) is 1.21. The summed E-state index contributed by atoms with van der Waals surface area (Å²) in [5.74, 6) is -0.810. The van der Waals surface area contributed by atoms with E-state index in [4.69, 9.17) is 4.42 Å². The first-order chi connectivity index (χ1) is 7.65. The van der Waals surface area contributed by atoms with Crippen molar-refractivity contribution in [3.63, 3.8) is 0 Å². The van der Waals surface area contributed by atoms with Crippen LogP contribution in [0.1, 0.15) is 24.7 Å². The number of rotatable bonds is 2. The highest BCUT2D eigenvalue weighted by molar-refractivity contribution is 5.78. The van der Waals surface area contributed by atoms with Gasteiger partial charge in [0.25, 0.3) is 0 Å². The average Bonchev–Trinajstić information content (AvgIpc) is 2.97. The topological polar surface area (TPSA) is 33.4 Å². The van der Waals surface area contributed by atoms with Gasteiger partial charge in [-0.15, -0.1) is 0 Å². The molecular formula is C12H10F2O2. The van der Waals surface area contributed by atoms with Crippen LogP contribution in [-0.2, 0) is 0 Å². The van der Waals surface area contributed by atoms with Gasteiger partial charge in [0, 0.05) is 12.1 Å². The van der Waals surface area contributed by atoms with Gasteiger partial charge in [0.1, 0.15) is 29.1 Å². The molecule has 0 radical (unpaired) electrons. The Morgan fingerprint density at radius 3 is 2.69 bits per heavy atom. The minimum absolute atomic E-state index is 0.146. The smallest absolute Gasteiger partial charge is 0.140 e. The van der Waals surface area contributed by atoms with Crippen molar-refractivity contribution in [2.24, 2.45) is 5.92 Å². The molecule has 0 aliphatic heterocycles. The maximum atomic E-state index is 13.4. The number of fused-ring (bicyclic) bond motifs is 1. The summed E-state index contributed by atoms with van der Waals surface area (Å²) >= 11 is 0. The van der Waals surface area contributed by atoms with Crippen LogP contribution in [-0.4, -0.2) is 5.11 Å². The van der Waals surface area contributed by atoms with E-state index in [2.05, 4.69) is 0 Å². The maximum Gasteiger partial charge on any atom is 0.140 e. The number of furan rings is 1. The van der Waals surface area contributed by atoms with Crippen molar-refractivity contribution in [3.05, 3.63) is 35.6 Å². The lowest BCUT2D eigenvalue weighted by Crippen LogP contribution is -1.96. The molecule has 1 aromatic heterocycles. The highest BCUT2D eigenvalue weighted by Gasteiger charge is 2.33. The molecule has 1 aliphatic carbocycles. The Morgan fingerprint density at radius 1 is 1.25 bits per heavy atom. The Hall–Kier alpha value is -1.42. The minimum Gasteiger partial charge on any atom is -0.458 e. The quantitative estimate of drug-likeness (QED) is 0.850. The number of aliphatic hydroxyl groups excluding tert-OH is 1. The van der Waals surface area contributed by atoms with E-state index in [1.165, 1.54) is 6.07 Å². The molecule has 1 heterocycles. The van der Waals surface area contributed by atoms with Gasteiger partial charge in [-0.2, -0.15) is 0 Å². The van der Waals surface area contributed by atoms with Crippen LogP contribution < -0.4 is 0 Å². The van der Waals surface area contributed by atoms with Gasteiger partial charge in [-0.05, 0) is 24.8 Å². The number of hydrogen-bond donors (Lipinski definition) is 1. The first-order valence-electron chi connectivity index (χ1n) is 5.21. The van der Waals surface area contributed by atoms with Gasteiger partial charge in [-0.3, -0.25) is 0 Å². The summed E-state index contributed by atoms with van der Waals surface area (Å²) < 4.78 is 31.5. The van der Waals surface area contributed by atoms with E-state index < -0.39 is 17.7 Å². The van der Waals surface area contributed by atoms with Crippen molar-refractivity contribution < 1.29 is 18.3 Å². The fourth-order valence-electron chi connectivity index (χ4n) is 1.87. The standard InChI is InChI=1S/C12H10F2O2/c13-7-3-9(14)8-5-11(16-10(8)4-7)12(15)6-1-2-6/h3-6,12,15H,1-2H2. The summed E-state index contributed by atoms with van der Waals surface area (Å²) in [5.41, 5.74) is 0.146. The van der Waals surface area contributed by atoms with E-state index >= 15 is 0 Å². The molecule has 1 saturated carbocycles. The molecule has 0 amide bonds. The highest BCUT2D eigenvalue weighted by atomic mass is 19.1. The third-order valence-electron chi connectivity index (χ3n) is 2.93. The Kier molecular flexibility index (Phi) is 2.01. The van der Waals surface area contributed by atoms with Crippen LogP contribution in [0.4, 0.5) is 8.78 Å². The van der Waals surface area contributed by atoms with Crippen LogP contribution in [0.5, 0.6) is 0 Å². The SMILES string of the molecule is OC(c1cc2c(F)cc(F)cc2o1)C1CC1. The lowest BCUT2D eigenvalue weighted by Gasteiger charge is -2.03. The summed E-state index contributed by atoms with van der Waals surface area (Å²) in [5, 5.41) is 10.0. The molecule has 2 nitrogen and oxygen atoms in total. The molecule has 1 fully saturated rings. The first-order valence-corrected chi connectivity index (χ1v) is 5.21. The van der Waals surface area contributed by atoms with Crippen molar-refractivity contribution in [2.45, 2.75) is 18.9 Å². The van der Waals surface area contributed by atoms with Gasteiger partial charge in [0.05, 0.1) is 5.39 Å². The second kappa shape index (κ2) is 3.28. The molecule has 0 bridgehead atoms. The number of hydrogen-bond acceptors (Lipinski definition) is 2. The van der Waals surface area contributed by atoms with Crippen molar-refractivity contribution in [1.82, 2.24) is 0 Å². The molecule has 1 N–H and O–H groups in total. The van der Waals surface area contributed by atoms with Crippen LogP contribution in [0.3, 0.4) is 0 Å². The zero-order valence-corrected chi connectivity index (χ0v) is 8.41.